The normalized spacial score (nSPS) is 18.8. The highest BCUT2D eigenvalue weighted by molar-refractivity contribution is 7.17. The molecule has 1 aromatic carbocycles. The quantitative estimate of drug-likeness (QED) is 0.625. The minimum atomic E-state index is 0.521. The van der Waals surface area contributed by atoms with Crippen LogP contribution in [0.3, 0.4) is 0 Å². The number of fused-ring (bicyclic) bond motifs is 1. The van der Waals surface area contributed by atoms with Crippen molar-refractivity contribution < 1.29 is 4.74 Å². The molecule has 5 rings (SSSR count). The Kier molecular flexibility index (Phi) is 5.84. The summed E-state index contributed by atoms with van der Waals surface area (Å²) >= 11 is 1.86. The van der Waals surface area contributed by atoms with E-state index in [1.54, 1.807) is 0 Å². The van der Waals surface area contributed by atoms with Crippen molar-refractivity contribution in [1.29, 1.82) is 0 Å². The van der Waals surface area contributed by atoms with Crippen LogP contribution in [0.2, 0.25) is 0 Å². The fourth-order valence-electron chi connectivity index (χ4n) is 4.50. The summed E-state index contributed by atoms with van der Waals surface area (Å²) in [5, 5.41) is 3.75. The third-order valence-electron chi connectivity index (χ3n) is 6.34. The van der Waals surface area contributed by atoms with Crippen LogP contribution < -0.4 is 9.80 Å². The maximum atomic E-state index is 5.45. The van der Waals surface area contributed by atoms with Gasteiger partial charge in [-0.1, -0.05) is 18.2 Å². The van der Waals surface area contributed by atoms with E-state index in [2.05, 4.69) is 56.4 Å². The molecule has 2 aromatic heterocycles. The van der Waals surface area contributed by atoms with E-state index in [1.165, 1.54) is 15.6 Å². The molecule has 30 heavy (non-hydrogen) atoms. The number of hydrogen-bond donors (Lipinski definition) is 0. The predicted molar refractivity (Wildman–Crippen MR) is 124 cm³/mol. The van der Waals surface area contributed by atoms with E-state index < -0.39 is 0 Å². The largest absolute Gasteiger partial charge is 0.378 e. The van der Waals surface area contributed by atoms with Crippen LogP contribution in [0.25, 0.3) is 10.1 Å². The number of rotatable bonds is 5. The van der Waals surface area contributed by atoms with Gasteiger partial charge in [-0.2, -0.15) is 4.98 Å². The lowest BCUT2D eigenvalue weighted by Gasteiger charge is -2.37. The molecule has 0 bridgehead atoms. The van der Waals surface area contributed by atoms with Gasteiger partial charge in [-0.3, -0.25) is 4.90 Å². The van der Waals surface area contributed by atoms with E-state index in [0.29, 0.717) is 6.04 Å². The molecule has 2 aliphatic rings. The minimum Gasteiger partial charge on any atom is -0.378 e. The first-order valence-corrected chi connectivity index (χ1v) is 11.7. The monoisotopic (exact) mass is 423 g/mol. The Bertz CT molecular complexity index is 978. The molecular weight excluding hydrogens is 394 g/mol. The zero-order chi connectivity index (χ0) is 20.3. The maximum absolute atomic E-state index is 5.45. The number of anilines is 2. The molecule has 0 saturated carbocycles. The van der Waals surface area contributed by atoms with Crippen LogP contribution in [-0.2, 0) is 11.3 Å². The van der Waals surface area contributed by atoms with Crippen molar-refractivity contribution in [3.63, 3.8) is 0 Å². The van der Waals surface area contributed by atoms with E-state index in [9.17, 15) is 0 Å². The van der Waals surface area contributed by atoms with Crippen molar-refractivity contribution in [3.8, 4) is 0 Å². The maximum Gasteiger partial charge on any atom is 0.227 e. The zero-order valence-corrected chi connectivity index (χ0v) is 18.4. The second-order valence-corrected chi connectivity index (χ2v) is 9.10. The van der Waals surface area contributed by atoms with E-state index >= 15 is 0 Å². The zero-order valence-electron chi connectivity index (χ0n) is 17.5. The van der Waals surface area contributed by atoms with Gasteiger partial charge in [0, 0.05) is 56.7 Å². The van der Waals surface area contributed by atoms with Crippen molar-refractivity contribution in [2.45, 2.75) is 25.4 Å². The average Bonchev–Trinajstić information content (AvgIpc) is 3.23. The Balaban J connectivity index is 1.20. The Morgan fingerprint density at radius 2 is 1.90 bits per heavy atom. The lowest BCUT2D eigenvalue weighted by atomic mass is 10.0. The molecule has 0 amide bonds. The van der Waals surface area contributed by atoms with Crippen LogP contribution in [0.4, 0.5) is 11.8 Å². The lowest BCUT2D eigenvalue weighted by molar-refractivity contribution is 0.122. The Labute approximate surface area is 182 Å². The summed E-state index contributed by atoms with van der Waals surface area (Å²) < 4.78 is 6.84. The van der Waals surface area contributed by atoms with E-state index in [4.69, 9.17) is 9.72 Å². The highest BCUT2D eigenvalue weighted by Gasteiger charge is 2.24. The molecule has 0 atom stereocenters. The standard InChI is InChI=1S/C23H29N5OS/c1-26(22-6-9-24-23(25-22)28-12-14-29-15-13-28)19-7-10-27(11-8-19)16-18-17-30-21-5-3-2-4-20(18)21/h2-6,9,17,19H,7-8,10-16H2,1H3. The van der Waals surface area contributed by atoms with Gasteiger partial charge in [-0.05, 0) is 41.3 Å². The summed E-state index contributed by atoms with van der Waals surface area (Å²) in [7, 11) is 2.18. The Hall–Kier alpha value is -2.22. The number of likely N-dealkylation sites (tertiary alicyclic amines) is 1. The molecule has 2 aliphatic heterocycles. The highest BCUT2D eigenvalue weighted by Crippen LogP contribution is 2.28. The van der Waals surface area contributed by atoms with Gasteiger partial charge in [0.2, 0.25) is 5.95 Å². The van der Waals surface area contributed by atoms with Crippen LogP contribution in [-0.4, -0.2) is 67.4 Å². The minimum absolute atomic E-state index is 0.521. The van der Waals surface area contributed by atoms with Crippen LogP contribution in [0.15, 0.2) is 41.9 Å². The van der Waals surface area contributed by atoms with Crippen molar-refractivity contribution in [3.05, 3.63) is 47.5 Å². The molecule has 0 radical (unpaired) electrons. The topological polar surface area (TPSA) is 44.7 Å². The number of piperidine rings is 1. The van der Waals surface area contributed by atoms with E-state index in [0.717, 1.165) is 70.5 Å². The summed E-state index contributed by atoms with van der Waals surface area (Å²) in [5.41, 5.74) is 1.47. The summed E-state index contributed by atoms with van der Waals surface area (Å²) in [6, 6.07) is 11.3. The smallest absolute Gasteiger partial charge is 0.227 e. The third-order valence-corrected chi connectivity index (χ3v) is 7.36. The molecular formula is C23H29N5OS. The van der Waals surface area contributed by atoms with E-state index in [1.807, 2.05) is 23.6 Å². The molecule has 0 N–H and O–H groups in total. The first kappa shape index (κ1) is 19.7. The molecule has 3 aromatic rings. The fourth-order valence-corrected chi connectivity index (χ4v) is 5.45. The molecule has 2 saturated heterocycles. The number of hydrogen-bond acceptors (Lipinski definition) is 7. The molecule has 4 heterocycles. The van der Waals surface area contributed by atoms with Gasteiger partial charge in [-0.15, -0.1) is 11.3 Å². The van der Waals surface area contributed by atoms with Crippen molar-refractivity contribution >= 4 is 33.2 Å². The first-order valence-electron chi connectivity index (χ1n) is 10.8. The molecule has 0 unspecified atom stereocenters. The number of aromatic nitrogens is 2. The second-order valence-electron chi connectivity index (χ2n) is 8.19. The highest BCUT2D eigenvalue weighted by atomic mass is 32.1. The molecule has 0 spiro atoms. The van der Waals surface area contributed by atoms with Crippen LogP contribution >= 0.6 is 11.3 Å². The van der Waals surface area contributed by atoms with Crippen molar-refractivity contribution in [2.75, 3.05) is 56.2 Å². The summed E-state index contributed by atoms with van der Waals surface area (Å²) in [6.07, 6.45) is 4.21. The van der Waals surface area contributed by atoms with Gasteiger partial charge in [0.15, 0.2) is 0 Å². The molecule has 158 valence electrons. The third kappa shape index (κ3) is 4.15. The molecule has 7 heteroatoms. The lowest BCUT2D eigenvalue weighted by Crippen LogP contribution is -2.43. The Morgan fingerprint density at radius 3 is 2.73 bits per heavy atom. The second kappa shape index (κ2) is 8.88. The number of thiophene rings is 1. The number of nitrogens with zero attached hydrogens (tertiary/aromatic N) is 5. The van der Waals surface area contributed by atoms with E-state index in [-0.39, 0.29) is 0 Å². The number of morpholine rings is 1. The molecule has 2 fully saturated rings. The first-order chi connectivity index (χ1) is 14.8. The van der Waals surface area contributed by atoms with Crippen LogP contribution in [0.1, 0.15) is 18.4 Å². The number of benzene rings is 1. The summed E-state index contributed by atoms with van der Waals surface area (Å²) in [6.45, 7) is 6.53. The predicted octanol–water partition coefficient (Wildman–Crippen LogP) is 3.63. The van der Waals surface area contributed by atoms with Gasteiger partial charge >= 0.3 is 0 Å². The van der Waals surface area contributed by atoms with Gasteiger partial charge in [-0.25, -0.2) is 4.98 Å². The van der Waals surface area contributed by atoms with Crippen LogP contribution in [0.5, 0.6) is 0 Å². The van der Waals surface area contributed by atoms with Gasteiger partial charge in [0.05, 0.1) is 13.2 Å². The summed E-state index contributed by atoms with van der Waals surface area (Å²) in [4.78, 5) is 16.5. The Morgan fingerprint density at radius 1 is 1.10 bits per heavy atom. The van der Waals surface area contributed by atoms with Crippen molar-refractivity contribution in [2.24, 2.45) is 0 Å². The molecule has 6 nitrogen and oxygen atoms in total. The summed E-state index contributed by atoms with van der Waals surface area (Å²) in [5.74, 6) is 1.85. The SMILES string of the molecule is CN(c1ccnc(N2CCOCC2)n1)C1CCN(Cc2csc3ccccc23)CC1. The average molecular weight is 424 g/mol. The van der Waals surface area contributed by atoms with Gasteiger partial charge < -0.3 is 14.5 Å². The van der Waals surface area contributed by atoms with Gasteiger partial charge in [0.1, 0.15) is 5.82 Å². The molecule has 0 aliphatic carbocycles. The van der Waals surface area contributed by atoms with Crippen molar-refractivity contribution in [1.82, 2.24) is 14.9 Å². The van der Waals surface area contributed by atoms with Gasteiger partial charge in [0.25, 0.3) is 0 Å². The number of ether oxygens (including phenoxy) is 1. The fraction of sp³-hybridized carbons (Fsp3) is 0.478. The van der Waals surface area contributed by atoms with Crippen LogP contribution in [0, 0.1) is 0 Å².